The fourth-order valence-corrected chi connectivity index (χ4v) is 6.57. The van der Waals surface area contributed by atoms with Crippen LogP contribution in [0.25, 0.3) is 0 Å². The number of hydrogen-bond donors (Lipinski definition) is 0. The Bertz CT molecular complexity index is 1030. The molecule has 3 aliphatic rings. The molecule has 0 saturated carbocycles. The van der Waals surface area contributed by atoms with E-state index < -0.39 is 0 Å². The van der Waals surface area contributed by atoms with Crippen molar-refractivity contribution >= 4 is 5.91 Å². The van der Waals surface area contributed by atoms with Crippen molar-refractivity contribution in [1.82, 2.24) is 14.7 Å². The molecule has 0 aliphatic carbocycles. The molecule has 0 spiro atoms. The average Bonchev–Trinajstić information content (AvgIpc) is 3.06. The Morgan fingerprint density at radius 3 is 2.44 bits per heavy atom. The van der Waals surface area contributed by atoms with Crippen LogP contribution in [0.3, 0.4) is 0 Å². The average molecular weight is 488 g/mol. The number of amides is 1. The van der Waals surface area contributed by atoms with Crippen molar-refractivity contribution in [3.8, 4) is 5.75 Å². The third-order valence-corrected chi connectivity index (χ3v) is 8.45. The van der Waals surface area contributed by atoms with Gasteiger partial charge < -0.3 is 9.64 Å². The van der Waals surface area contributed by atoms with Crippen LogP contribution in [0.2, 0.25) is 0 Å². The Hall–Kier alpha value is -2.63. The maximum atomic E-state index is 13.2. The lowest BCUT2D eigenvalue weighted by Crippen LogP contribution is -2.40. The van der Waals surface area contributed by atoms with Gasteiger partial charge in [0, 0.05) is 50.4 Å². The van der Waals surface area contributed by atoms with Crippen LogP contribution in [-0.4, -0.2) is 72.5 Å². The monoisotopic (exact) mass is 487 g/mol. The zero-order valence-corrected chi connectivity index (χ0v) is 21.8. The highest BCUT2D eigenvalue weighted by atomic mass is 16.5. The summed E-state index contributed by atoms with van der Waals surface area (Å²) >= 11 is 0. The SMILES string of the molecule is C=CCN1C2CCC1CN(C(c1ccc(C(=O)N3CCCCCC3)cc1)c1cccc(OC)c1)CC2. The van der Waals surface area contributed by atoms with E-state index >= 15 is 0 Å². The standard InChI is InChI=1S/C31H41N3O2/c1-3-18-34-27-15-16-28(34)23-33(21-17-27)30(26-9-8-10-29(22-26)36-2)24-11-13-25(14-12-24)31(35)32-19-6-4-5-7-20-32/h3,8-14,22,27-28,30H,1,4-7,15-21,23H2,2H3. The second-order valence-corrected chi connectivity index (χ2v) is 10.7. The first kappa shape index (κ1) is 25.0. The summed E-state index contributed by atoms with van der Waals surface area (Å²) in [7, 11) is 1.73. The number of methoxy groups -OCH3 is 1. The Balaban J connectivity index is 1.43. The number of fused-ring (bicyclic) bond motifs is 2. The number of nitrogens with zero attached hydrogens (tertiary/aromatic N) is 3. The van der Waals surface area contributed by atoms with Gasteiger partial charge in [0.15, 0.2) is 0 Å². The summed E-state index contributed by atoms with van der Waals surface area (Å²) in [4.78, 5) is 20.6. The number of rotatable bonds is 7. The van der Waals surface area contributed by atoms with E-state index in [4.69, 9.17) is 4.74 Å². The summed E-state index contributed by atoms with van der Waals surface area (Å²) in [5.41, 5.74) is 3.29. The van der Waals surface area contributed by atoms with E-state index in [2.05, 4.69) is 52.8 Å². The van der Waals surface area contributed by atoms with Crippen molar-refractivity contribution in [2.24, 2.45) is 0 Å². The molecular formula is C31H41N3O2. The van der Waals surface area contributed by atoms with E-state index in [0.29, 0.717) is 12.1 Å². The molecule has 3 fully saturated rings. The van der Waals surface area contributed by atoms with E-state index in [1.165, 1.54) is 43.2 Å². The molecule has 2 aromatic carbocycles. The molecule has 3 heterocycles. The van der Waals surface area contributed by atoms with Crippen LogP contribution in [0, 0.1) is 0 Å². The summed E-state index contributed by atoms with van der Waals surface area (Å²) < 4.78 is 5.59. The zero-order chi connectivity index (χ0) is 24.9. The summed E-state index contributed by atoms with van der Waals surface area (Å²) in [5.74, 6) is 1.06. The molecule has 3 atom stereocenters. The Morgan fingerprint density at radius 2 is 1.72 bits per heavy atom. The molecule has 5 heteroatoms. The Kier molecular flexibility index (Phi) is 8.08. The molecule has 0 aromatic heterocycles. The molecule has 3 aliphatic heterocycles. The van der Waals surface area contributed by atoms with E-state index in [0.717, 1.165) is 56.9 Å². The molecule has 0 N–H and O–H groups in total. The van der Waals surface area contributed by atoms with Gasteiger partial charge in [0.2, 0.25) is 0 Å². The lowest BCUT2D eigenvalue weighted by Gasteiger charge is -2.34. The highest BCUT2D eigenvalue weighted by Gasteiger charge is 2.38. The molecular weight excluding hydrogens is 446 g/mol. The smallest absolute Gasteiger partial charge is 0.253 e. The molecule has 3 saturated heterocycles. The van der Waals surface area contributed by atoms with Crippen LogP contribution in [-0.2, 0) is 0 Å². The van der Waals surface area contributed by atoms with Crippen molar-refractivity contribution in [2.45, 2.75) is 63.1 Å². The van der Waals surface area contributed by atoms with Gasteiger partial charge in [-0.1, -0.05) is 43.2 Å². The van der Waals surface area contributed by atoms with Crippen LogP contribution in [0.1, 0.15) is 72.5 Å². The van der Waals surface area contributed by atoms with Crippen molar-refractivity contribution in [3.63, 3.8) is 0 Å². The van der Waals surface area contributed by atoms with Gasteiger partial charge in [-0.15, -0.1) is 6.58 Å². The number of hydrogen-bond acceptors (Lipinski definition) is 4. The quantitative estimate of drug-likeness (QED) is 0.482. The fraction of sp³-hybridized carbons (Fsp3) is 0.516. The second-order valence-electron chi connectivity index (χ2n) is 10.7. The van der Waals surface area contributed by atoms with Crippen molar-refractivity contribution in [2.75, 3.05) is 39.8 Å². The minimum atomic E-state index is 0.132. The maximum absolute atomic E-state index is 13.2. The van der Waals surface area contributed by atoms with Crippen LogP contribution >= 0.6 is 0 Å². The number of likely N-dealkylation sites (tertiary alicyclic amines) is 2. The van der Waals surface area contributed by atoms with Crippen LogP contribution in [0.15, 0.2) is 61.2 Å². The minimum absolute atomic E-state index is 0.132. The lowest BCUT2D eigenvalue weighted by atomic mass is 9.94. The van der Waals surface area contributed by atoms with Gasteiger partial charge in [-0.2, -0.15) is 0 Å². The first-order valence-electron chi connectivity index (χ1n) is 13.8. The van der Waals surface area contributed by atoms with E-state index in [-0.39, 0.29) is 11.9 Å². The molecule has 2 aromatic rings. The first-order chi connectivity index (χ1) is 17.7. The zero-order valence-electron chi connectivity index (χ0n) is 21.8. The van der Waals surface area contributed by atoms with Gasteiger partial charge in [-0.05, 0) is 67.5 Å². The number of carbonyl (C=O) groups excluding carboxylic acids is 1. The molecule has 1 amide bonds. The van der Waals surface area contributed by atoms with Crippen LogP contribution in [0.5, 0.6) is 5.75 Å². The molecule has 0 radical (unpaired) electrons. The van der Waals surface area contributed by atoms with Gasteiger partial charge in [0.05, 0.1) is 13.2 Å². The normalized spacial score (nSPS) is 24.1. The third-order valence-electron chi connectivity index (χ3n) is 8.45. The van der Waals surface area contributed by atoms with E-state index in [1.807, 2.05) is 23.1 Å². The second kappa shape index (κ2) is 11.6. The Labute approximate surface area is 216 Å². The predicted octanol–water partition coefficient (Wildman–Crippen LogP) is 5.53. The van der Waals surface area contributed by atoms with E-state index in [1.54, 1.807) is 7.11 Å². The molecule has 3 unspecified atom stereocenters. The van der Waals surface area contributed by atoms with Crippen molar-refractivity contribution in [3.05, 3.63) is 77.9 Å². The van der Waals surface area contributed by atoms with Gasteiger partial charge in [0.1, 0.15) is 5.75 Å². The minimum Gasteiger partial charge on any atom is -0.497 e. The molecule has 192 valence electrons. The van der Waals surface area contributed by atoms with Crippen LogP contribution in [0.4, 0.5) is 0 Å². The lowest BCUT2D eigenvalue weighted by molar-refractivity contribution is 0.0761. The molecule has 5 nitrogen and oxygen atoms in total. The third kappa shape index (κ3) is 5.37. The number of carbonyl (C=O) groups is 1. The van der Waals surface area contributed by atoms with Gasteiger partial charge in [-0.25, -0.2) is 0 Å². The predicted molar refractivity (Wildman–Crippen MR) is 146 cm³/mol. The highest BCUT2D eigenvalue weighted by Crippen LogP contribution is 2.37. The van der Waals surface area contributed by atoms with Crippen LogP contribution < -0.4 is 4.74 Å². The van der Waals surface area contributed by atoms with Gasteiger partial charge in [0.25, 0.3) is 5.91 Å². The topological polar surface area (TPSA) is 36.0 Å². The van der Waals surface area contributed by atoms with Gasteiger partial charge in [-0.3, -0.25) is 14.6 Å². The Morgan fingerprint density at radius 1 is 0.972 bits per heavy atom. The summed E-state index contributed by atoms with van der Waals surface area (Å²) in [6.45, 7) is 8.85. The summed E-state index contributed by atoms with van der Waals surface area (Å²) in [5, 5.41) is 0. The molecule has 36 heavy (non-hydrogen) atoms. The number of ether oxygens (including phenoxy) is 1. The largest absolute Gasteiger partial charge is 0.497 e. The van der Waals surface area contributed by atoms with Crippen molar-refractivity contribution in [1.29, 1.82) is 0 Å². The molecule has 2 bridgehead atoms. The van der Waals surface area contributed by atoms with Crippen molar-refractivity contribution < 1.29 is 9.53 Å². The first-order valence-corrected chi connectivity index (χ1v) is 13.8. The summed E-state index contributed by atoms with van der Waals surface area (Å²) in [6, 6.07) is 18.3. The maximum Gasteiger partial charge on any atom is 0.253 e. The highest BCUT2D eigenvalue weighted by molar-refractivity contribution is 5.94. The summed E-state index contributed by atoms with van der Waals surface area (Å²) in [6.07, 6.45) is 10.5. The fourth-order valence-electron chi connectivity index (χ4n) is 6.57. The van der Waals surface area contributed by atoms with Gasteiger partial charge >= 0.3 is 0 Å². The van der Waals surface area contributed by atoms with E-state index in [9.17, 15) is 4.79 Å². The number of benzene rings is 2. The molecule has 5 rings (SSSR count).